The average Bonchev–Trinajstić information content (AvgIpc) is 2.88. The number of hydrogen-bond donors (Lipinski definition) is 1. The number of carbonyl (C=O) groups is 1. The highest BCUT2D eigenvalue weighted by molar-refractivity contribution is 6.06. The summed E-state index contributed by atoms with van der Waals surface area (Å²) >= 11 is 0. The number of carboxylic acid groups (broad SMARTS) is 1. The molecule has 6 nitrogen and oxygen atoms in total. The molecule has 1 aliphatic heterocycles. The lowest BCUT2D eigenvalue weighted by molar-refractivity contribution is 0.0696. The maximum absolute atomic E-state index is 12.5. The van der Waals surface area contributed by atoms with Crippen molar-refractivity contribution in [3.05, 3.63) is 101 Å². The first-order valence-electron chi connectivity index (χ1n) is 11.4. The third-order valence-corrected chi connectivity index (χ3v) is 6.28. The van der Waals surface area contributed by atoms with Crippen molar-refractivity contribution in [3.8, 4) is 11.5 Å². The summed E-state index contributed by atoms with van der Waals surface area (Å²) in [5, 5.41) is 10.9. The summed E-state index contributed by atoms with van der Waals surface area (Å²) in [6.45, 7) is 1.85. The van der Waals surface area contributed by atoms with E-state index in [0.717, 1.165) is 22.4 Å². The number of fused-ring (bicyclic) bond motifs is 2. The summed E-state index contributed by atoms with van der Waals surface area (Å²) in [6, 6.07) is 23.4. The van der Waals surface area contributed by atoms with E-state index < -0.39 is 5.97 Å². The molecule has 1 aliphatic rings. The summed E-state index contributed by atoms with van der Waals surface area (Å²) in [7, 11) is 3.22. The van der Waals surface area contributed by atoms with Crippen LogP contribution < -0.4 is 9.47 Å². The zero-order valence-corrected chi connectivity index (χ0v) is 19.7. The maximum atomic E-state index is 12.5. The van der Waals surface area contributed by atoms with Crippen molar-refractivity contribution in [3.63, 3.8) is 0 Å². The Balaban J connectivity index is 1.68. The fraction of sp³-hybridized carbons (Fsp3) is 0.172. The Morgan fingerprint density at radius 3 is 2.46 bits per heavy atom. The largest absolute Gasteiger partial charge is 0.493 e. The predicted octanol–water partition coefficient (Wildman–Crippen LogP) is 5.51. The molecule has 2 heterocycles. The van der Waals surface area contributed by atoms with E-state index in [1.165, 1.54) is 5.56 Å². The van der Waals surface area contributed by atoms with Crippen LogP contribution in [0.1, 0.15) is 32.7 Å². The topological polar surface area (TPSA) is 71.9 Å². The van der Waals surface area contributed by atoms with Gasteiger partial charge in [0.05, 0.1) is 31.0 Å². The number of para-hydroxylation sites is 1. The van der Waals surface area contributed by atoms with Crippen molar-refractivity contribution in [2.45, 2.75) is 13.1 Å². The highest BCUT2D eigenvalue weighted by atomic mass is 16.5. The second-order valence-electron chi connectivity index (χ2n) is 8.55. The molecule has 35 heavy (non-hydrogen) atoms. The van der Waals surface area contributed by atoms with Crippen molar-refractivity contribution >= 4 is 28.5 Å². The summed E-state index contributed by atoms with van der Waals surface area (Å²) in [5.74, 6) is 0.352. The molecular formula is C29H26N2O4. The van der Waals surface area contributed by atoms with Gasteiger partial charge in [-0.15, -0.1) is 0 Å². The van der Waals surface area contributed by atoms with E-state index in [4.69, 9.17) is 14.5 Å². The number of ether oxygens (including phenoxy) is 2. The Bertz CT molecular complexity index is 1430. The van der Waals surface area contributed by atoms with E-state index in [0.29, 0.717) is 47.6 Å². The SMILES string of the molecule is COc1ccc(/C=C2/CN(Cc3ccccc3)Cc3c2nc2ccccc2c3C(=O)O)cc1OC. The fourth-order valence-corrected chi connectivity index (χ4v) is 4.72. The Labute approximate surface area is 204 Å². The molecule has 0 saturated heterocycles. The van der Waals surface area contributed by atoms with Gasteiger partial charge in [-0.1, -0.05) is 54.6 Å². The maximum Gasteiger partial charge on any atom is 0.336 e. The molecule has 1 N–H and O–H groups in total. The minimum absolute atomic E-state index is 0.321. The van der Waals surface area contributed by atoms with Crippen LogP contribution in [0.3, 0.4) is 0 Å². The quantitative estimate of drug-likeness (QED) is 0.404. The zero-order valence-electron chi connectivity index (χ0n) is 19.7. The standard InChI is InChI=1S/C29H26N2O4/c1-34-25-13-12-20(15-26(25)35-2)14-21-17-31(16-19-8-4-3-5-9-19)18-23-27(29(32)33)22-10-6-7-11-24(22)30-28(21)23/h3-15H,16-18H2,1-2H3,(H,32,33)/b21-14-. The first kappa shape index (κ1) is 22.6. The van der Waals surface area contributed by atoms with E-state index in [2.05, 4.69) is 23.1 Å². The van der Waals surface area contributed by atoms with Gasteiger partial charge < -0.3 is 14.6 Å². The van der Waals surface area contributed by atoms with Crippen LogP contribution >= 0.6 is 0 Å². The average molecular weight is 467 g/mol. The molecule has 4 aromatic rings. The molecule has 0 radical (unpaired) electrons. The molecule has 0 bridgehead atoms. The number of methoxy groups -OCH3 is 2. The first-order chi connectivity index (χ1) is 17.1. The predicted molar refractivity (Wildman–Crippen MR) is 137 cm³/mol. The van der Waals surface area contributed by atoms with Crippen molar-refractivity contribution < 1.29 is 19.4 Å². The molecule has 0 spiro atoms. The van der Waals surface area contributed by atoms with Crippen molar-refractivity contribution in [2.75, 3.05) is 20.8 Å². The minimum atomic E-state index is -0.938. The Kier molecular flexibility index (Phi) is 6.21. The molecule has 6 heteroatoms. The van der Waals surface area contributed by atoms with Crippen LogP contribution in [-0.2, 0) is 13.1 Å². The van der Waals surface area contributed by atoms with Crippen LogP contribution in [0.25, 0.3) is 22.6 Å². The van der Waals surface area contributed by atoms with Gasteiger partial charge in [0, 0.05) is 30.6 Å². The zero-order chi connectivity index (χ0) is 24.4. The third-order valence-electron chi connectivity index (χ3n) is 6.28. The van der Waals surface area contributed by atoms with Gasteiger partial charge in [0.1, 0.15) is 0 Å². The highest BCUT2D eigenvalue weighted by Crippen LogP contribution is 2.36. The van der Waals surface area contributed by atoms with Gasteiger partial charge in [-0.3, -0.25) is 4.90 Å². The molecule has 176 valence electrons. The van der Waals surface area contributed by atoms with Crippen molar-refractivity contribution in [1.82, 2.24) is 9.88 Å². The first-order valence-corrected chi connectivity index (χ1v) is 11.4. The van der Waals surface area contributed by atoms with Crippen LogP contribution in [0, 0.1) is 0 Å². The van der Waals surface area contributed by atoms with Crippen molar-refractivity contribution in [1.29, 1.82) is 0 Å². The summed E-state index contributed by atoms with van der Waals surface area (Å²) in [6.07, 6.45) is 2.06. The Hall–Kier alpha value is -4.16. The molecule has 1 aromatic heterocycles. The second kappa shape index (κ2) is 9.60. The number of aromatic carboxylic acids is 1. The van der Waals surface area contributed by atoms with Gasteiger partial charge in [0.2, 0.25) is 0 Å². The van der Waals surface area contributed by atoms with Crippen LogP contribution in [0.2, 0.25) is 0 Å². The number of rotatable bonds is 6. The lowest BCUT2D eigenvalue weighted by atomic mass is 9.91. The van der Waals surface area contributed by atoms with Crippen molar-refractivity contribution in [2.24, 2.45) is 0 Å². The van der Waals surface area contributed by atoms with Crippen LogP contribution in [0.5, 0.6) is 11.5 Å². The number of benzene rings is 3. The summed E-state index contributed by atoms with van der Waals surface area (Å²) in [4.78, 5) is 19.7. The van der Waals surface area contributed by atoms with Gasteiger partial charge in [0.15, 0.2) is 11.5 Å². The third kappa shape index (κ3) is 4.48. The van der Waals surface area contributed by atoms with Gasteiger partial charge in [0.25, 0.3) is 0 Å². The van der Waals surface area contributed by atoms with E-state index >= 15 is 0 Å². The van der Waals surface area contributed by atoms with Gasteiger partial charge >= 0.3 is 5.97 Å². The monoisotopic (exact) mass is 466 g/mol. The minimum Gasteiger partial charge on any atom is -0.493 e. The smallest absolute Gasteiger partial charge is 0.336 e. The molecule has 0 unspecified atom stereocenters. The van der Waals surface area contributed by atoms with E-state index in [-0.39, 0.29) is 0 Å². The molecule has 0 aliphatic carbocycles. The van der Waals surface area contributed by atoms with Crippen LogP contribution in [0.4, 0.5) is 0 Å². The number of nitrogens with zero attached hydrogens (tertiary/aromatic N) is 2. The number of carboxylic acids is 1. The molecule has 0 saturated carbocycles. The Morgan fingerprint density at radius 2 is 1.71 bits per heavy atom. The number of pyridine rings is 1. The number of aromatic nitrogens is 1. The van der Waals surface area contributed by atoms with E-state index in [9.17, 15) is 9.90 Å². The molecule has 3 aromatic carbocycles. The molecule has 0 amide bonds. The lowest BCUT2D eigenvalue weighted by Crippen LogP contribution is -2.31. The normalized spacial score (nSPS) is 14.6. The van der Waals surface area contributed by atoms with Crippen LogP contribution in [0.15, 0.2) is 72.8 Å². The number of hydrogen-bond acceptors (Lipinski definition) is 5. The molecule has 5 rings (SSSR count). The molecule has 0 fully saturated rings. The summed E-state index contributed by atoms with van der Waals surface area (Å²) < 4.78 is 10.9. The Morgan fingerprint density at radius 1 is 0.971 bits per heavy atom. The lowest BCUT2D eigenvalue weighted by Gasteiger charge is -2.31. The van der Waals surface area contributed by atoms with E-state index in [1.54, 1.807) is 14.2 Å². The highest BCUT2D eigenvalue weighted by Gasteiger charge is 2.28. The second-order valence-corrected chi connectivity index (χ2v) is 8.55. The summed E-state index contributed by atoms with van der Waals surface area (Å²) in [5.41, 5.74) is 5.54. The van der Waals surface area contributed by atoms with Gasteiger partial charge in [-0.2, -0.15) is 0 Å². The van der Waals surface area contributed by atoms with Gasteiger partial charge in [-0.25, -0.2) is 9.78 Å². The van der Waals surface area contributed by atoms with Gasteiger partial charge in [-0.05, 0) is 41.0 Å². The molecular weight excluding hydrogens is 440 g/mol. The van der Waals surface area contributed by atoms with E-state index in [1.807, 2.05) is 60.7 Å². The fourth-order valence-electron chi connectivity index (χ4n) is 4.72. The van der Waals surface area contributed by atoms with Crippen LogP contribution in [-0.4, -0.2) is 41.7 Å². The molecule has 0 atom stereocenters.